The number of ether oxygens (including phenoxy) is 1. The van der Waals surface area contributed by atoms with Gasteiger partial charge in [-0.2, -0.15) is 0 Å². The van der Waals surface area contributed by atoms with Crippen molar-refractivity contribution in [2.75, 3.05) is 26.4 Å². The fourth-order valence-electron chi connectivity index (χ4n) is 2.34. The lowest BCUT2D eigenvalue weighted by Gasteiger charge is -2.42. The molecule has 1 aliphatic heterocycles. The minimum atomic E-state index is -0.371. The molecule has 1 fully saturated rings. The first kappa shape index (κ1) is 14.0. The van der Waals surface area contributed by atoms with E-state index in [4.69, 9.17) is 9.84 Å². The van der Waals surface area contributed by atoms with E-state index in [-0.39, 0.29) is 17.9 Å². The summed E-state index contributed by atoms with van der Waals surface area (Å²) in [6.45, 7) is 3.91. The van der Waals surface area contributed by atoms with Gasteiger partial charge >= 0.3 is 0 Å². The number of aliphatic hydroxyl groups is 1. The van der Waals surface area contributed by atoms with E-state index < -0.39 is 0 Å². The van der Waals surface area contributed by atoms with E-state index in [1.807, 2.05) is 37.3 Å². The molecule has 0 aromatic heterocycles. The summed E-state index contributed by atoms with van der Waals surface area (Å²) in [6, 6.07) is 9.86. The number of carbonyl (C=O) groups excluding carboxylic acids is 1. The molecular weight excluding hydrogens is 242 g/mol. The van der Waals surface area contributed by atoms with Crippen LogP contribution in [0.15, 0.2) is 30.3 Å². The van der Waals surface area contributed by atoms with Gasteiger partial charge in [-0.05, 0) is 12.0 Å². The van der Waals surface area contributed by atoms with Gasteiger partial charge in [-0.1, -0.05) is 37.3 Å². The second kappa shape index (κ2) is 6.17. The third-order valence-electron chi connectivity index (χ3n) is 3.76. The fourth-order valence-corrected chi connectivity index (χ4v) is 2.34. The lowest BCUT2D eigenvalue weighted by atomic mass is 9.81. The lowest BCUT2D eigenvalue weighted by Crippen LogP contribution is -2.55. The summed E-state index contributed by atoms with van der Waals surface area (Å²) >= 11 is 0. The van der Waals surface area contributed by atoms with Crippen molar-refractivity contribution in [2.24, 2.45) is 5.41 Å². The Bertz CT molecular complexity index is 409. The Labute approximate surface area is 114 Å². The van der Waals surface area contributed by atoms with Crippen molar-refractivity contribution in [1.82, 2.24) is 4.90 Å². The van der Waals surface area contributed by atoms with Crippen LogP contribution in [0.5, 0.6) is 0 Å². The molecule has 2 rings (SSSR count). The Kier molecular flexibility index (Phi) is 4.56. The summed E-state index contributed by atoms with van der Waals surface area (Å²) in [5.41, 5.74) is 0.708. The summed E-state index contributed by atoms with van der Waals surface area (Å²) in [4.78, 5) is 14.3. The average molecular weight is 263 g/mol. The Hall–Kier alpha value is -1.39. The molecule has 4 nitrogen and oxygen atoms in total. The highest BCUT2D eigenvalue weighted by atomic mass is 16.5. The van der Waals surface area contributed by atoms with Gasteiger partial charge in [0.1, 0.15) is 0 Å². The largest absolute Gasteiger partial charge is 0.395 e. The maximum Gasteiger partial charge on any atom is 0.233 e. The molecule has 0 atom stereocenters. The monoisotopic (exact) mass is 263 g/mol. The van der Waals surface area contributed by atoms with Crippen LogP contribution in [0, 0.1) is 5.41 Å². The van der Waals surface area contributed by atoms with E-state index in [9.17, 15) is 4.79 Å². The Balaban J connectivity index is 2.09. The Morgan fingerprint density at radius 3 is 2.53 bits per heavy atom. The third kappa shape index (κ3) is 2.96. The molecule has 0 bridgehead atoms. The van der Waals surface area contributed by atoms with Crippen LogP contribution < -0.4 is 0 Å². The summed E-state index contributed by atoms with van der Waals surface area (Å²) in [7, 11) is 0. The molecule has 0 aliphatic carbocycles. The topological polar surface area (TPSA) is 49.8 Å². The summed E-state index contributed by atoms with van der Waals surface area (Å²) < 4.78 is 5.22. The van der Waals surface area contributed by atoms with Gasteiger partial charge in [0.05, 0.1) is 25.2 Å². The SMILES string of the molecule is CCC1(C(=O)N(CCO)Cc2ccccc2)COC1. The molecular formula is C15H21NO3. The van der Waals surface area contributed by atoms with Crippen molar-refractivity contribution in [3.63, 3.8) is 0 Å². The van der Waals surface area contributed by atoms with Crippen LogP contribution in [-0.4, -0.2) is 42.3 Å². The molecule has 1 saturated heterocycles. The molecule has 19 heavy (non-hydrogen) atoms. The molecule has 0 spiro atoms. The molecule has 4 heteroatoms. The maximum absolute atomic E-state index is 12.6. The smallest absolute Gasteiger partial charge is 0.233 e. The molecule has 1 amide bonds. The summed E-state index contributed by atoms with van der Waals surface area (Å²) in [5, 5.41) is 9.17. The van der Waals surface area contributed by atoms with Gasteiger partial charge in [-0.25, -0.2) is 0 Å². The van der Waals surface area contributed by atoms with Gasteiger partial charge < -0.3 is 14.7 Å². The number of nitrogens with zero attached hydrogens (tertiary/aromatic N) is 1. The zero-order valence-corrected chi connectivity index (χ0v) is 11.3. The van der Waals surface area contributed by atoms with Crippen molar-refractivity contribution in [3.8, 4) is 0 Å². The van der Waals surface area contributed by atoms with Crippen LogP contribution in [0.25, 0.3) is 0 Å². The first-order chi connectivity index (χ1) is 9.22. The van der Waals surface area contributed by atoms with E-state index in [2.05, 4.69) is 0 Å². The molecule has 0 unspecified atom stereocenters. The van der Waals surface area contributed by atoms with E-state index in [1.165, 1.54) is 0 Å². The number of aliphatic hydroxyl groups excluding tert-OH is 1. The lowest BCUT2D eigenvalue weighted by molar-refractivity contribution is -0.174. The summed E-state index contributed by atoms with van der Waals surface area (Å²) in [6.07, 6.45) is 0.780. The molecule has 1 aliphatic rings. The standard InChI is InChI=1S/C15H21NO3/c1-2-15(11-19-12-15)14(18)16(8-9-17)10-13-6-4-3-5-7-13/h3-7,17H,2,8-12H2,1H3. The van der Waals surface area contributed by atoms with Crippen LogP contribution in [0.2, 0.25) is 0 Å². The first-order valence-corrected chi connectivity index (χ1v) is 6.74. The van der Waals surface area contributed by atoms with E-state index in [0.29, 0.717) is 26.3 Å². The zero-order chi connectivity index (χ0) is 13.7. The molecule has 104 valence electrons. The van der Waals surface area contributed by atoms with Crippen molar-refractivity contribution >= 4 is 5.91 Å². The van der Waals surface area contributed by atoms with Crippen LogP contribution in [0.3, 0.4) is 0 Å². The van der Waals surface area contributed by atoms with Crippen LogP contribution in [-0.2, 0) is 16.1 Å². The second-order valence-electron chi connectivity index (χ2n) is 5.06. The van der Waals surface area contributed by atoms with Gasteiger partial charge in [0.2, 0.25) is 5.91 Å². The Morgan fingerprint density at radius 2 is 2.05 bits per heavy atom. The highest BCUT2D eigenvalue weighted by molar-refractivity contribution is 5.83. The van der Waals surface area contributed by atoms with Crippen LogP contribution in [0.1, 0.15) is 18.9 Å². The van der Waals surface area contributed by atoms with Gasteiger partial charge in [0, 0.05) is 13.1 Å². The molecule has 1 N–H and O–H groups in total. The van der Waals surface area contributed by atoms with Gasteiger partial charge in [-0.15, -0.1) is 0 Å². The second-order valence-corrected chi connectivity index (χ2v) is 5.06. The minimum absolute atomic E-state index is 0.0147. The Morgan fingerprint density at radius 1 is 1.37 bits per heavy atom. The van der Waals surface area contributed by atoms with E-state index >= 15 is 0 Å². The van der Waals surface area contributed by atoms with Crippen molar-refractivity contribution in [1.29, 1.82) is 0 Å². The number of carbonyl (C=O) groups is 1. The number of hydrogen-bond acceptors (Lipinski definition) is 3. The van der Waals surface area contributed by atoms with Crippen molar-refractivity contribution < 1.29 is 14.6 Å². The number of rotatable bonds is 6. The molecule has 1 aromatic carbocycles. The predicted molar refractivity (Wildman–Crippen MR) is 72.5 cm³/mol. The van der Waals surface area contributed by atoms with E-state index in [0.717, 1.165) is 12.0 Å². The quantitative estimate of drug-likeness (QED) is 0.845. The molecule has 0 radical (unpaired) electrons. The van der Waals surface area contributed by atoms with Gasteiger partial charge in [-0.3, -0.25) is 4.79 Å². The first-order valence-electron chi connectivity index (χ1n) is 6.74. The number of benzene rings is 1. The minimum Gasteiger partial charge on any atom is -0.395 e. The molecule has 1 heterocycles. The van der Waals surface area contributed by atoms with Crippen molar-refractivity contribution in [3.05, 3.63) is 35.9 Å². The zero-order valence-electron chi connectivity index (χ0n) is 11.3. The number of hydrogen-bond donors (Lipinski definition) is 1. The normalized spacial score (nSPS) is 16.7. The predicted octanol–water partition coefficient (Wildman–Crippen LogP) is 1.43. The van der Waals surface area contributed by atoms with Gasteiger partial charge in [0.25, 0.3) is 0 Å². The maximum atomic E-state index is 12.6. The van der Waals surface area contributed by atoms with Crippen LogP contribution in [0.4, 0.5) is 0 Å². The molecule has 1 aromatic rings. The van der Waals surface area contributed by atoms with E-state index in [1.54, 1.807) is 4.90 Å². The summed E-state index contributed by atoms with van der Waals surface area (Å²) in [5.74, 6) is 0.0964. The van der Waals surface area contributed by atoms with Crippen molar-refractivity contribution in [2.45, 2.75) is 19.9 Å². The average Bonchev–Trinajstić information content (AvgIpc) is 2.39. The highest BCUT2D eigenvalue weighted by Gasteiger charge is 2.46. The van der Waals surface area contributed by atoms with Gasteiger partial charge in [0.15, 0.2) is 0 Å². The number of amides is 1. The highest BCUT2D eigenvalue weighted by Crippen LogP contribution is 2.33. The third-order valence-corrected chi connectivity index (χ3v) is 3.76. The molecule has 0 saturated carbocycles. The fraction of sp³-hybridized carbons (Fsp3) is 0.533. The van der Waals surface area contributed by atoms with Crippen LogP contribution >= 0.6 is 0 Å².